The topological polar surface area (TPSA) is 82.8 Å². The molecule has 7 rings (SSSR count). The molecule has 4 aromatic carbocycles. The number of hydrogen-bond donors (Lipinski definition) is 1. The second-order valence-corrected chi connectivity index (χ2v) is 10.7. The second-order valence-electron chi connectivity index (χ2n) is 10.3. The Morgan fingerprint density at radius 2 is 1.88 bits per heavy atom. The van der Waals surface area contributed by atoms with Crippen molar-refractivity contribution in [3.8, 4) is 22.6 Å². The van der Waals surface area contributed by atoms with Crippen molar-refractivity contribution in [1.82, 2.24) is 9.55 Å². The smallest absolute Gasteiger partial charge is 0.335 e. The molecule has 1 saturated heterocycles. The molecule has 42 heavy (non-hydrogen) atoms. The molecule has 0 aliphatic carbocycles. The molecular weight excluding hydrogens is 566 g/mol. The number of ether oxygens (including phenoxy) is 3. The molecule has 0 bridgehead atoms. The number of carbonyl (C=O) groups is 1. The van der Waals surface area contributed by atoms with Crippen LogP contribution in [0.15, 0.2) is 72.8 Å². The zero-order valence-corrected chi connectivity index (χ0v) is 22.8. The molecule has 0 amide bonds. The van der Waals surface area contributed by atoms with Gasteiger partial charge >= 0.3 is 5.97 Å². The average molecular weight is 589 g/mol. The first-order valence-electron chi connectivity index (χ1n) is 13.4. The fourth-order valence-corrected chi connectivity index (χ4v) is 5.49. The van der Waals surface area contributed by atoms with E-state index in [1.54, 1.807) is 48.5 Å². The monoisotopic (exact) mass is 588 g/mol. The Labute approximate surface area is 243 Å². The Morgan fingerprint density at radius 3 is 2.62 bits per heavy atom. The predicted molar refractivity (Wildman–Crippen MR) is 151 cm³/mol. The standard InChI is InChI=1S/C32H23ClF2N2O5/c33-20-7-8-23(25(35)15-20)32-41-28-3-1-2-22(30(28)42-32)17-4-5-18(24(34)12-17)14-29-36-26-9-6-19(31(38)39)13-27(26)37(29)16-21-10-11-40-21/h1-9,12-13,15,21,32H,10-11,14,16H2,(H,38,39)/t21-,32?/m0/s1. The zero-order valence-electron chi connectivity index (χ0n) is 22.0. The molecule has 0 radical (unpaired) electrons. The van der Waals surface area contributed by atoms with Crippen LogP contribution in [-0.4, -0.2) is 33.3 Å². The van der Waals surface area contributed by atoms with Crippen LogP contribution in [0.25, 0.3) is 22.2 Å². The number of imidazole rings is 1. The molecule has 212 valence electrons. The largest absolute Gasteiger partial charge is 0.478 e. The maximum atomic E-state index is 15.6. The van der Waals surface area contributed by atoms with E-state index in [2.05, 4.69) is 0 Å². The Balaban J connectivity index is 1.19. The molecule has 0 saturated carbocycles. The summed E-state index contributed by atoms with van der Waals surface area (Å²) in [6.07, 6.45) is 0.0751. The summed E-state index contributed by atoms with van der Waals surface area (Å²) in [5, 5.41) is 9.75. The number of rotatable bonds is 7. The van der Waals surface area contributed by atoms with Crippen molar-refractivity contribution >= 4 is 28.6 Å². The zero-order chi connectivity index (χ0) is 29.0. The van der Waals surface area contributed by atoms with Gasteiger partial charge in [0.1, 0.15) is 17.5 Å². The molecule has 1 unspecified atom stereocenters. The summed E-state index contributed by atoms with van der Waals surface area (Å²) in [5.41, 5.74) is 3.25. The number of para-hydroxylation sites is 1. The van der Waals surface area contributed by atoms with Crippen LogP contribution in [0.2, 0.25) is 5.02 Å². The molecule has 2 atom stereocenters. The Hall–Kier alpha value is -4.47. The molecule has 2 aliphatic rings. The van der Waals surface area contributed by atoms with Gasteiger partial charge in [-0.1, -0.05) is 35.9 Å². The van der Waals surface area contributed by atoms with E-state index in [1.165, 1.54) is 24.3 Å². The lowest BCUT2D eigenvalue weighted by Gasteiger charge is -2.27. The summed E-state index contributed by atoms with van der Waals surface area (Å²) in [6, 6.07) is 19.2. The van der Waals surface area contributed by atoms with Crippen molar-refractivity contribution in [3.05, 3.63) is 112 Å². The third-order valence-corrected chi connectivity index (χ3v) is 7.86. The number of carboxylic acid groups (broad SMARTS) is 1. The lowest BCUT2D eigenvalue weighted by molar-refractivity contribution is -0.0589. The number of aromatic carboxylic acids is 1. The summed E-state index contributed by atoms with van der Waals surface area (Å²) in [6.45, 7) is 1.17. The van der Waals surface area contributed by atoms with Crippen molar-refractivity contribution in [3.63, 3.8) is 0 Å². The lowest BCUT2D eigenvalue weighted by Crippen LogP contribution is -2.31. The maximum absolute atomic E-state index is 15.6. The van der Waals surface area contributed by atoms with E-state index < -0.39 is 23.9 Å². The molecule has 1 aromatic heterocycles. The van der Waals surface area contributed by atoms with Crippen molar-refractivity contribution in [1.29, 1.82) is 0 Å². The summed E-state index contributed by atoms with van der Waals surface area (Å²) >= 11 is 5.89. The quantitative estimate of drug-likeness (QED) is 0.217. The first-order chi connectivity index (χ1) is 20.3. The molecule has 1 N–H and O–H groups in total. The van der Waals surface area contributed by atoms with Crippen LogP contribution < -0.4 is 9.47 Å². The van der Waals surface area contributed by atoms with Gasteiger partial charge in [-0.3, -0.25) is 0 Å². The molecule has 3 heterocycles. The van der Waals surface area contributed by atoms with Gasteiger partial charge in [-0.05, 0) is 66.1 Å². The minimum Gasteiger partial charge on any atom is -0.478 e. The summed E-state index contributed by atoms with van der Waals surface area (Å²) < 4.78 is 49.6. The predicted octanol–water partition coefficient (Wildman–Crippen LogP) is 7.18. The van der Waals surface area contributed by atoms with Crippen LogP contribution in [0.4, 0.5) is 8.78 Å². The number of halogens is 3. The lowest BCUT2D eigenvalue weighted by atomic mass is 10.0. The summed E-state index contributed by atoms with van der Waals surface area (Å²) in [7, 11) is 0. The van der Waals surface area contributed by atoms with Crippen LogP contribution in [0, 0.1) is 11.6 Å². The van der Waals surface area contributed by atoms with E-state index in [-0.39, 0.29) is 28.7 Å². The maximum Gasteiger partial charge on any atom is 0.335 e. The SMILES string of the molecule is O=C(O)c1ccc2nc(Cc3ccc(-c4cccc5c4OC(c4ccc(Cl)cc4F)O5)cc3F)n(C[C@@H]3CCO3)c2c1. The highest BCUT2D eigenvalue weighted by Crippen LogP contribution is 2.47. The molecule has 10 heteroatoms. The highest BCUT2D eigenvalue weighted by atomic mass is 35.5. The third-order valence-electron chi connectivity index (χ3n) is 7.62. The van der Waals surface area contributed by atoms with Crippen LogP contribution in [0.3, 0.4) is 0 Å². The molecule has 2 aliphatic heterocycles. The van der Waals surface area contributed by atoms with Gasteiger partial charge in [0, 0.05) is 23.6 Å². The number of benzene rings is 4. The Kier molecular flexibility index (Phi) is 6.56. The second kappa shape index (κ2) is 10.4. The van der Waals surface area contributed by atoms with E-state index in [0.717, 1.165) is 6.42 Å². The first kappa shape index (κ1) is 26.4. The molecule has 7 nitrogen and oxygen atoms in total. The van der Waals surface area contributed by atoms with Gasteiger partial charge in [0.25, 0.3) is 6.29 Å². The summed E-state index contributed by atoms with van der Waals surface area (Å²) in [5.74, 6) is -0.594. The van der Waals surface area contributed by atoms with Crippen molar-refractivity contribution in [2.75, 3.05) is 6.61 Å². The van der Waals surface area contributed by atoms with Crippen LogP contribution in [0.1, 0.15) is 40.0 Å². The minimum atomic E-state index is -1.03. The van der Waals surface area contributed by atoms with Gasteiger partial charge in [0.2, 0.25) is 0 Å². The Morgan fingerprint density at radius 1 is 1.02 bits per heavy atom. The highest BCUT2D eigenvalue weighted by molar-refractivity contribution is 6.30. The van der Waals surface area contributed by atoms with Crippen LogP contribution in [0.5, 0.6) is 11.5 Å². The number of fused-ring (bicyclic) bond motifs is 2. The van der Waals surface area contributed by atoms with Gasteiger partial charge in [-0.25, -0.2) is 18.6 Å². The van der Waals surface area contributed by atoms with E-state index in [1.807, 2.05) is 4.57 Å². The average Bonchev–Trinajstić information content (AvgIpc) is 3.52. The van der Waals surface area contributed by atoms with Crippen molar-refractivity contribution in [2.24, 2.45) is 0 Å². The minimum absolute atomic E-state index is 0.00516. The van der Waals surface area contributed by atoms with Crippen LogP contribution >= 0.6 is 11.6 Å². The number of hydrogen-bond acceptors (Lipinski definition) is 5. The first-order valence-corrected chi connectivity index (χ1v) is 13.8. The van der Waals surface area contributed by atoms with Gasteiger partial charge in [-0.15, -0.1) is 0 Å². The van der Waals surface area contributed by atoms with Crippen molar-refractivity contribution < 1.29 is 32.9 Å². The number of nitrogens with zero attached hydrogens (tertiary/aromatic N) is 2. The molecular formula is C32H23ClF2N2O5. The fraction of sp³-hybridized carbons (Fsp3) is 0.188. The summed E-state index contributed by atoms with van der Waals surface area (Å²) in [4.78, 5) is 16.3. The number of carboxylic acids is 1. The third kappa shape index (κ3) is 4.74. The van der Waals surface area contributed by atoms with Crippen molar-refractivity contribution in [2.45, 2.75) is 31.8 Å². The molecule has 5 aromatic rings. The van der Waals surface area contributed by atoms with E-state index in [4.69, 9.17) is 30.8 Å². The van der Waals surface area contributed by atoms with E-state index in [0.29, 0.717) is 58.2 Å². The normalized spacial score (nSPS) is 17.4. The van der Waals surface area contributed by atoms with Gasteiger partial charge < -0.3 is 23.9 Å². The Bertz CT molecular complexity index is 1870. The fourth-order valence-electron chi connectivity index (χ4n) is 5.33. The van der Waals surface area contributed by atoms with Crippen LogP contribution in [-0.2, 0) is 17.7 Å². The van der Waals surface area contributed by atoms with Gasteiger partial charge in [-0.2, -0.15) is 0 Å². The van der Waals surface area contributed by atoms with Gasteiger partial charge in [0.05, 0.1) is 34.8 Å². The molecule has 0 spiro atoms. The van der Waals surface area contributed by atoms with E-state index >= 15 is 4.39 Å². The van der Waals surface area contributed by atoms with E-state index in [9.17, 15) is 14.3 Å². The highest BCUT2D eigenvalue weighted by Gasteiger charge is 2.31. The number of aromatic nitrogens is 2. The molecule has 1 fully saturated rings. The van der Waals surface area contributed by atoms with Gasteiger partial charge in [0.15, 0.2) is 11.5 Å².